The molecule has 1 atom stereocenters. The Morgan fingerprint density at radius 2 is 1.28 bits per heavy atom. The van der Waals surface area contributed by atoms with Gasteiger partial charge in [-0.25, -0.2) is 0 Å². The van der Waals surface area contributed by atoms with Crippen LogP contribution in [-0.4, -0.2) is 35.3 Å². The molecule has 25 heavy (non-hydrogen) atoms. The van der Waals surface area contributed by atoms with Gasteiger partial charge in [0.25, 0.3) is 0 Å². The van der Waals surface area contributed by atoms with Crippen LogP contribution in [0.1, 0.15) is 104 Å². The normalized spacial score (nSPS) is 12.4. The second-order valence-electron chi connectivity index (χ2n) is 7.09. The van der Waals surface area contributed by atoms with Crippen molar-refractivity contribution in [3.8, 4) is 0 Å². The molecule has 1 N–H and O–H groups in total. The minimum Gasteiger partial charge on any atom is -0.395 e. The van der Waals surface area contributed by atoms with E-state index in [1.165, 1.54) is 102 Å². The molecule has 0 amide bonds. The van der Waals surface area contributed by atoms with E-state index in [0.29, 0.717) is 6.61 Å². The third kappa shape index (κ3) is 20.1. The first-order chi connectivity index (χ1) is 12.2. The van der Waals surface area contributed by atoms with Crippen LogP contribution in [0.15, 0.2) is 0 Å². The van der Waals surface area contributed by atoms with Gasteiger partial charge in [-0.05, 0) is 6.42 Å². The van der Waals surface area contributed by atoms with E-state index in [2.05, 4.69) is 6.92 Å². The lowest BCUT2D eigenvalue weighted by molar-refractivity contribution is -0.109. The summed E-state index contributed by atoms with van der Waals surface area (Å²) in [5, 5.41) is 9.08. The molecule has 0 aliphatic rings. The van der Waals surface area contributed by atoms with E-state index in [0.717, 1.165) is 13.0 Å². The largest absolute Gasteiger partial charge is 0.395 e. The Morgan fingerprint density at radius 1 is 0.840 bits per heavy atom. The van der Waals surface area contributed by atoms with Crippen molar-refractivity contribution in [2.24, 2.45) is 0 Å². The molecule has 0 fully saturated rings. The van der Waals surface area contributed by atoms with Crippen LogP contribution >= 0.6 is 11.8 Å². The summed E-state index contributed by atoms with van der Waals surface area (Å²) in [6.45, 7) is 5.02. The van der Waals surface area contributed by atoms with Crippen molar-refractivity contribution in [3.05, 3.63) is 0 Å². The van der Waals surface area contributed by atoms with Crippen molar-refractivity contribution in [1.82, 2.24) is 0 Å². The van der Waals surface area contributed by atoms with Gasteiger partial charge in [0.1, 0.15) is 0 Å². The van der Waals surface area contributed by atoms with E-state index in [-0.39, 0.29) is 17.0 Å². The Morgan fingerprint density at radius 3 is 1.68 bits per heavy atom. The number of aliphatic hydroxyl groups excluding tert-OH is 1. The predicted molar refractivity (Wildman–Crippen MR) is 110 cm³/mol. The highest BCUT2D eigenvalue weighted by Gasteiger charge is 2.10. The summed E-state index contributed by atoms with van der Waals surface area (Å²) in [5.41, 5.74) is 0. The van der Waals surface area contributed by atoms with Gasteiger partial charge in [-0.2, -0.15) is 0 Å². The summed E-state index contributed by atoms with van der Waals surface area (Å²) in [5.74, 6) is 0. The van der Waals surface area contributed by atoms with Gasteiger partial charge in [0.15, 0.2) is 5.12 Å². The second-order valence-corrected chi connectivity index (χ2v) is 8.56. The predicted octanol–water partition coefficient (Wildman–Crippen LogP) is 6.12. The molecular weight excluding hydrogens is 332 g/mol. The molecule has 0 heterocycles. The number of ether oxygens (including phenoxy) is 1. The minimum atomic E-state index is -0.107. The van der Waals surface area contributed by atoms with E-state index in [9.17, 15) is 4.79 Å². The quantitative estimate of drug-likeness (QED) is 0.276. The van der Waals surface area contributed by atoms with E-state index >= 15 is 0 Å². The zero-order chi connectivity index (χ0) is 18.6. The Labute approximate surface area is 160 Å². The van der Waals surface area contributed by atoms with Crippen molar-refractivity contribution in [1.29, 1.82) is 0 Å². The van der Waals surface area contributed by atoms with Crippen LogP contribution in [0.25, 0.3) is 0 Å². The van der Waals surface area contributed by atoms with Crippen LogP contribution in [0.4, 0.5) is 0 Å². The zero-order valence-corrected chi connectivity index (χ0v) is 17.6. The number of carbonyl (C=O) groups excluding carboxylic acids is 1. The zero-order valence-electron chi connectivity index (χ0n) is 16.8. The van der Waals surface area contributed by atoms with Crippen LogP contribution in [0, 0.1) is 0 Å². The molecule has 0 spiro atoms. The topological polar surface area (TPSA) is 46.5 Å². The summed E-state index contributed by atoms with van der Waals surface area (Å²) in [7, 11) is 0. The number of unbranched alkanes of at least 4 members (excludes halogenated alkanes) is 13. The van der Waals surface area contributed by atoms with Gasteiger partial charge in [0.05, 0.1) is 18.5 Å². The monoisotopic (exact) mass is 374 g/mol. The maximum Gasteiger partial charge on any atom is 0.186 e. The molecule has 0 aromatic heterocycles. The number of rotatable bonds is 19. The van der Waals surface area contributed by atoms with Crippen molar-refractivity contribution in [3.63, 3.8) is 0 Å². The Balaban J connectivity index is 3.15. The fourth-order valence-corrected chi connectivity index (χ4v) is 3.68. The second kappa shape index (κ2) is 20.3. The summed E-state index contributed by atoms with van der Waals surface area (Å²) >= 11 is 1.17. The van der Waals surface area contributed by atoms with Gasteiger partial charge < -0.3 is 9.84 Å². The summed E-state index contributed by atoms with van der Waals surface area (Å²) < 4.78 is 5.56. The number of aliphatic hydroxyl groups is 1. The number of thioether (sulfide) groups is 1. The third-order valence-corrected chi connectivity index (χ3v) is 5.43. The summed E-state index contributed by atoms with van der Waals surface area (Å²) in [4.78, 5) is 11.0. The molecule has 0 aromatic rings. The molecule has 0 aromatic carbocycles. The standard InChI is InChI=1S/C21H42O3S/c1-3-4-5-6-7-8-9-10-11-12-13-14-15-16-17-24-19-21(18-22)25-20(2)23/h21-22H,3-19H2,1-2H3/t21-/m0/s1. The molecule has 0 radical (unpaired) electrons. The molecule has 0 saturated heterocycles. The molecule has 3 nitrogen and oxygen atoms in total. The molecule has 4 heteroatoms. The van der Waals surface area contributed by atoms with Gasteiger partial charge in [-0.3, -0.25) is 4.79 Å². The first kappa shape index (κ1) is 24.9. The van der Waals surface area contributed by atoms with Gasteiger partial charge in [0, 0.05) is 13.5 Å². The van der Waals surface area contributed by atoms with E-state index in [1.807, 2.05) is 0 Å². The summed E-state index contributed by atoms with van der Waals surface area (Å²) in [6.07, 6.45) is 19.0. The molecule has 0 rings (SSSR count). The van der Waals surface area contributed by atoms with Gasteiger partial charge in [0.2, 0.25) is 0 Å². The maximum atomic E-state index is 11.0. The van der Waals surface area contributed by atoms with E-state index in [4.69, 9.17) is 9.84 Å². The first-order valence-electron chi connectivity index (χ1n) is 10.6. The number of hydrogen-bond acceptors (Lipinski definition) is 4. The third-order valence-electron chi connectivity index (χ3n) is 4.48. The smallest absolute Gasteiger partial charge is 0.186 e. The molecule has 0 saturated carbocycles. The van der Waals surface area contributed by atoms with Crippen LogP contribution in [0.5, 0.6) is 0 Å². The van der Waals surface area contributed by atoms with Gasteiger partial charge in [-0.1, -0.05) is 102 Å². The van der Waals surface area contributed by atoms with Crippen LogP contribution in [-0.2, 0) is 9.53 Å². The average Bonchev–Trinajstić information content (AvgIpc) is 2.60. The fourth-order valence-electron chi connectivity index (χ4n) is 2.97. The number of carbonyl (C=O) groups is 1. The molecular formula is C21H42O3S. The van der Waals surface area contributed by atoms with Crippen LogP contribution in [0.3, 0.4) is 0 Å². The maximum absolute atomic E-state index is 11.0. The Bertz CT molecular complexity index is 284. The highest BCUT2D eigenvalue weighted by atomic mass is 32.2. The fraction of sp³-hybridized carbons (Fsp3) is 0.952. The number of hydrogen-bond donors (Lipinski definition) is 1. The molecule has 0 aliphatic carbocycles. The lowest BCUT2D eigenvalue weighted by Gasteiger charge is -2.12. The van der Waals surface area contributed by atoms with Gasteiger partial charge >= 0.3 is 0 Å². The Hall–Kier alpha value is -0.0600. The van der Waals surface area contributed by atoms with Crippen molar-refractivity contribution in [2.45, 2.75) is 109 Å². The van der Waals surface area contributed by atoms with Crippen molar-refractivity contribution < 1.29 is 14.6 Å². The molecule has 0 bridgehead atoms. The van der Waals surface area contributed by atoms with E-state index < -0.39 is 0 Å². The van der Waals surface area contributed by atoms with Crippen LogP contribution in [0.2, 0.25) is 0 Å². The van der Waals surface area contributed by atoms with Crippen LogP contribution < -0.4 is 0 Å². The highest BCUT2D eigenvalue weighted by Crippen LogP contribution is 2.14. The first-order valence-corrected chi connectivity index (χ1v) is 11.4. The molecule has 150 valence electrons. The van der Waals surface area contributed by atoms with Gasteiger partial charge in [-0.15, -0.1) is 0 Å². The average molecular weight is 375 g/mol. The Kier molecular flexibility index (Phi) is 20.2. The lowest BCUT2D eigenvalue weighted by Crippen LogP contribution is -2.18. The van der Waals surface area contributed by atoms with E-state index in [1.54, 1.807) is 0 Å². The molecule has 0 unspecified atom stereocenters. The van der Waals surface area contributed by atoms with Crippen molar-refractivity contribution >= 4 is 16.9 Å². The molecule has 0 aliphatic heterocycles. The minimum absolute atomic E-state index is 0.00296. The highest BCUT2D eigenvalue weighted by molar-refractivity contribution is 8.14. The lowest BCUT2D eigenvalue weighted by atomic mass is 10.0. The van der Waals surface area contributed by atoms with Crippen molar-refractivity contribution in [2.75, 3.05) is 19.8 Å². The SMILES string of the molecule is CCCCCCCCCCCCCCCCOC[C@H](CO)SC(C)=O. The summed E-state index contributed by atoms with van der Waals surface area (Å²) in [6, 6.07) is 0.